The maximum atomic E-state index is 5.40. The zero-order valence-corrected chi connectivity index (χ0v) is 13.6. The SMILES string of the molecule is CCOc1ccc(NC(=S)Nc2ccc(OCC)cc2)cc1.[AlH3].[MgH2]. The van der Waals surface area contributed by atoms with Crippen LogP contribution in [0.15, 0.2) is 48.5 Å². The van der Waals surface area contributed by atoms with Gasteiger partial charge in [0.1, 0.15) is 11.5 Å². The summed E-state index contributed by atoms with van der Waals surface area (Å²) in [7, 11) is 0. The summed E-state index contributed by atoms with van der Waals surface area (Å²) in [6, 6.07) is 15.3. The van der Waals surface area contributed by atoms with Crippen LogP contribution in [0.25, 0.3) is 0 Å². The molecule has 0 fully saturated rings. The van der Waals surface area contributed by atoms with Gasteiger partial charge in [0.25, 0.3) is 0 Å². The van der Waals surface area contributed by atoms with Crippen LogP contribution in [0.1, 0.15) is 13.8 Å². The van der Waals surface area contributed by atoms with E-state index in [1.165, 1.54) is 0 Å². The Balaban J connectivity index is 0.00000264. The van der Waals surface area contributed by atoms with E-state index in [0.29, 0.717) is 18.3 Å². The van der Waals surface area contributed by atoms with Crippen LogP contribution in [0, 0.1) is 0 Å². The number of thiocarbonyl (C=S) groups is 1. The van der Waals surface area contributed by atoms with Gasteiger partial charge in [0, 0.05) is 11.4 Å². The lowest BCUT2D eigenvalue weighted by atomic mass is 10.3. The van der Waals surface area contributed by atoms with Crippen LogP contribution < -0.4 is 20.1 Å². The Kier molecular flexibility index (Phi) is 11.9. The van der Waals surface area contributed by atoms with E-state index in [1.54, 1.807) is 0 Å². The number of rotatable bonds is 6. The Morgan fingerprint density at radius 3 is 1.42 bits per heavy atom. The van der Waals surface area contributed by atoms with Crippen LogP contribution >= 0.6 is 12.2 Å². The normalized spacial score (nSPS) is 9.08. The second kappa shape index (κ2) is 12.4. The van der Waals surface area contributed by atoms with E-state index in [-0.39, 0.29) is 40.4 Å². The molecule has 2 aromatic carbocycles. The lowest BCUT2D eigenvalue weighted by Gasteiger charge is -2.12. The topological polar surface area (TPSA) is 42.5 Å². The predicted molar refractivity (Wildman–Crippen MR) is 114 cm³/mol. The Hall–Kier alpha value is -0.971. The van der Waals surface area contributed by atoms with Gasteiger partial charge in [-0.1, -0.05) is 0 Å². The van der Waals surface area contributed by atoms with Crippen molar-refractivity contribution in [1.82, 2.24) is 0 Å². The van der Waals surface area contributed by atoms with Gasteiger partial charge in [0.05, 0.1) is 13.2 Å². The third-order valence-corrected chi connectivity index (χ3v) is 3.05. The van der Waals surface area contributed by atoms with Gasteiger partial charge < -0.3 is 20.1 Å². The monoisotopic (exact) mass is 372 g/mol. The lowest BCUT2D eigenvalue weighted by Crippen LogP contribution is -2.18. The first kappa shape index (κ1) is 23.0. The van der Waals surface area contributed by atoms with Gasteiger partial charge in [-0.25, -0.2) is 0 Å². The van der Waals surface area contributed by atoms with E-state index in [9.17, 15) is 0 Å². The van der Waals surface area contributed by atoms with Crippen LogP contribution in [0.2, 0.25) is 0 Å². The summed E-state index contributed by atoms with van der Waals surface area (Å²) < 4.78 is 10.8. The molecule has 0 radical (unpaired) electrons. The Morgan fingerprint density at radius 1 is 0.792 bits per heavy atom. The number of hydrogen-bond donors (Lipinski definition) is 2. The van der Waals surface area contributed by atoms with Crippen molar-refractivity contribution in [3.63, 3.8) is 0 Å². The van der Waals surface area contributed by atoms with Crippen molar-refractivity contribution in [1.29, 1.82) is 0 Å². The third-order valence-electron chi connectivity index (χ3n) is 2.85. The number of ether oxygens (including phenoxy) is 2. The zero-order chi connectivity index (χ0) is 15.8. The highest BCUT2D eigenvalue weighted by atomic mass is 32.1. The van der Waals surface area contributed by atoms with Crippen molar-refractivity contribution in [2.45, 2.75) is 13.8 Å². The highest BCUT2D eigenvalue weighted by molar-refractivity contribution is 7.80. The molecular formula is C17H25AlMgN2O2S. The van der Waals surface area contributed by atoms with Gasteiger partial charge in [-0.3, -0.25) is 0 Å². The summed E-state index contributed by atoms with van der Waals surface area (Å²) in [5.74, 6) is 1.69. The molecule has 0 amide bonds. The van der Waals surface area contributed by atoms with Crippen molar-refractivity contribution in [3.05, 3.63) is 48.5 Å². The first-order chi connectivity index (χ1) is 10.7. The summed E-state index contributed by atoms with van der Waals surface area (Å²) in [6.45, 7) is 5.24. The molecule has 0 saturated carbocycles. The average molecular weight is 373 g/mol. The molecule has 24 heavy (non-hydrogen) atoms. The van der Waals surface area contributed by atoms with Crippen molar-refractivity contribution in [2.75, 3.05) is 23.8 Å². The number of nitrogens with one attached hydrogen (secondary N) is 2. The fourth-order valence-corrected chi connectivity index (χ4v) is 2.13. The quantitative estimate of drug-likeness (QED) is 0.601. The van der Waals surface area contributed by atoms with Gasteiger partial charge in [-0.05, 0) is 74.6 Å². The number of anilines is 2. The Labute approximate surface area is 175 Å². The molecule has 7 heteroatoms. The van der Waals surface area contributed by atoms with E-state index in [1.807, 2.05) is 62.4 Å². The Bertz CT molecular complexity index is 555. The van der Waals surface area contributed by atoms with E-state index >= 15 is 0 Å². The summed E-state index contributed by atoms with van der Waals surface area (Å²) >= 11 is 5.30. The van der Waals surface area contributed by atoms with Crippen LogP contribution in [0.3, 0.4) is 0 Å². The Morgan fingerprint density at radius 2 is 1.12 bits per heavy atom. The lowest BCUT2D eigenvalue weighted by molar-refractivity contribution is 0.340. The minimum atomic E-state index is 0. The molecule has 0 saturated heterocycles. The van der Waals surface area contributed by atoms with E-state index in [0.717, 1.165) is 22.9 Å². The van der Waals surface area contributed by atoms with Gasteiger partial charge in [-0.2, -0.15) is 0 Å². The van der Waals surface area contributed by atoms with Gasteiger partial charge in [-0.15, -0.1) is 0 Å². The summed E-state index contributed by atoms with van der Waals surface area (Å²) in [5.41, 5.74) is 1.82. The summed E-state index contributed by atoms with van der Waals surface area (Å²) in [5, 5.41) is 6.80. The largest absolute Gasteiger partial charge is 0.494 e. The summed E-state index contributed by atoms with van der Waals surface area (Å²) in [6.07, 6.45) is 0. The maximum absolute atomic E-state index is 5.40. The molecule has 0 aromatic heterocycles. The van der Waals surface area contributed by atoms with Crippen molar-refractivity contribution in [3.8, 4) is 11.5 Å². The van der Waals surface area contributed by atoms with Crippen molar-refractivity contribution in [2.24, 2.45) is 0 Å². The molecule has 2 rings (SSSR count). The predicted octanol–water partition coefficient (Wildman–Crippen LogP) is 2.19. The molecule has 0 aliphatic heterocycles. The molecule has 0 bridgehead atoms. The van der Waals surface area contributed by atoms with Crippen LogP contribution in [-0.2, 0) is 0 Å². The fourth-order valence-electron chi connectivity index (χ4n) is 1.90. The highest BCUT2D eigenvalue weighted by Crippen LogP contribution is 2.18. The van der Waals surface area contributed by atoms with Crippen LogP contribution in [0.5, 0.6) is 11.5 Å². The maximum Gasteiger partial charge on any atom is 0.316 e. The molecule has 0 heterocycles. The highest BCUT2D eigenvalue weighted by Gasteiger charge is 2.00. The molecule has 0 unspecified atom stereocenters. The molecule has 2 N–H and O–H groups in total. The van der Waals surface area contributed by atoms with Gasteiger partial charge >= 0.3 is 23.1 Å². The molecule has 0 aliphatic rings. The molecule has 0 aliphatic carbocycles. The molecule has 4 nitrogen and oxygen atoms in total. The second-order valence-corrected chi connectivity index (χ2v) is 4.90. The first-order valence-electron chi connectivity index (χ1n) is 7.25. The molecule has 126 valence electrons. The van der Waals surface area contributed by atoms with Gasteiger partial charge in [0.15, 0.2) is 22.5 Å². The summed E-state index contributed by atoms with van der Waals surface area (Å²) in [4.78, 5) is 0. The minimum absolute atomic E-state index is 0. The average Bonchev–Trinajstić information content (AvgIpc) is 2.52. The van der Waals surface area contributed by atoms with Gasteiger partial charge in [0.2, 0.25) is 0 Å². The zero-order valence-electron chi connectivity index (χ0n) is 12.8. The van der Waals surface area contributed by atoms with Crippen LogP contribution in [-0.4, -0.2) is 58.7 Å². The van der Waals surface area contributed by atoms with Crippen molar-refractivity contribution >= 4 is 69.1 Å². The molecular weight excluding hydrogens is 348 g/mol. The number of benzene rings is 2. The fraction of sp³-hybridized carbons (Fsp3) is 0.235. The molecule has 0 atom stereocenters. The first-order valence-corrected chi connectivity index (χ1v) is 7.65. The minimum Gasteiger partial charge on any atom is -0.494 e. The molecule has 2 aromatic rings. The molecule has 0 spiro atoms. The van der Waals surface area contributed by atoms with E-state index in [4.69, 9.17) is 21.7 Å². The smallest absolute Gasteiger partial charge is 0.316 e. The third kappa shape index (κ3) is 7.73. The second-order valence-electron chi connectivity index (χ2n) is 4.49. The standard InChI is InChI=1S/C17H20N2O2S.Al.Mg.5H/c1-3-20-15-9-5-13(6-10-15)18-17(22)19-14-7-11-16(12-8-14)21-4-2;;;;;;;/h5-12H,3-4H2,1-2H3,(H2,18,19,22);;;;;;;. The van der Waals surface area contributed by atoms with E-state index in [2.05, 4.69) is 10.6 Å². The number of hydrogen-bond acceptors (Lipinski definition) is 3. The van der Waals surface area contributed by atoms with Crippen molar-refractivity contribution < 1.29 is 9.47 Å². The van der Waals surface area contributed by atoms with Crippen LogP contribution in [0.4, 0.5) is 11.4 Å². The van der Waals surface area contributed by atoms with E-state index < -0.39 is 0 Å².